The summed E-state index contributed by atoms with van der Waals surface area (Å²) in [6.07, 6.45) is 0. The average molecular weight is 472 g/mol. The van der Waals surface area contributed by atoms with Crippen molar-refractivity contribution in [1.29, 1.82) is 0 Å². The first-order chi connectivity index (χ1) is 16.3. The van der Waals surface area contributed by atoms with Crippen LogP contribution in [0.15, 0.2) is 95.9 Å². The van der Waals surface area contributed by atoms with E-state index in [4.69, 9.17) is 5.73 Å². The highest BCUT2D eigenvalue weighted by atomic mass is 32.2. The largest absolute Gasteiger partial charge is 0.507 e. The summed E-state index contributed by atoms with van der Waals surface area (Å²) in [5.41, 5.74) is 8.60. The molecule has 0 saturated heterocycles. The van der Waals surface area contributed by atoms with Gasteiger partial charge in [-0.05, 0) is 47.9 Å². The number of fused-ring (bicyclic) bond motifs is 2. The van der Waals surface area contributed by atoms with E-state index in [1.165, 1.54) is 6.07 Å². The zero-order chi connectivity index (χ0) is 23.9. The third kappa shape index (κ3) is 3.96. The molecule has 0 amide bonds. The Kier molecular flexibility index (Phi) is 5.24. The van der Waals surface area contributed by atoms with Gasteiger partial charge in [0.25, 0.3) is 10.1 Å². The molecule has 0 fully saturated rings. The molecule has 0 radical (unpaired) electrons. The molecule has 0 heterocycles. The van der Waals surface area contributed by atoms with E-state index in [1.54, 1.807) is 42.5 Å². The fraction of sp³-hybridized carbons (Fsp3) is 0. The summed E-state index contributed by atoms with van der Waals surface area (Å²) in [7, 11) is -4.54. The number of nitrogens with two attached hydrogens (primary N) is 1. The molecule has 0 unspecified atom stereocenters. The number of rotatable bonds is 5. The molecule has 0 saturated carbocycles. The molecule has 0 atom stereocenters. The molecule has 6 N–H and O–H groups in total. The standard InChI is InChI=1S/C26H21N3O4S/c27-21-13-14-22(19-7-2-1-6-18(19)21)29-23-8-4-10-25(34(31,32)33)26(23)28-17-12-11-16-5-3-9-24(30)20(16)15-17/h1-15,28-30H,27H2,(H,31,32,33). The van der Waals surface area contributed by atoms with Gasteiger partial charge in [-0.3, -0.25) is 4.55 Å². The van der Waals surface area contributed by atoms with Gasteiger partial charge in [-0.15, -0.1) is 0 Å². The van der Waals surface area contributed by atoms with Crippen LogP contribution in [-0.2, 0) is 10.1 Å². The van der Waals surface area contributed by atoms with E-state index in [-0.39, 0.29) is 16.3 Å². The molecule has 0 spiro atoms. The molecule has 0 aliphatic rings. The normalized spacial score (nSPS) is 11.6. The molecule has 8 heteroatoms. The summed E-state index contributed by atoms with van der Waals surface area (Å²) in [6.45, 7) is 0. The minimum absolute atomic E-state index is 0.107. The smallest absolute Gasteiger partial charge is 0.296 e. The van der Waals surface area contributed by atoms with Crippen molar-refractivity contribution in [3.05, 3.63) is 91.0 Å². The van der Waals surface area contributed by atoms with Gasteiger partial charge in [0.2, 0.25) is 0 Å². The van der Waals surface area contributed by atoms with Crippen molar-refractivity contribution < 1.29 is 18.1 Å². The minimum Gasteiger partial charge on any atom is -0.507 e. The highest BCUT2D eigenvalue weighted by Gasteiger charge is 2.20. The zero-order valence-corrected chi connectivity index (χ0v) is 18.7. The lowest BCUT2D eigenvalue weighted by Gasteiger charge is -2.18. The van der Waals surface area contributed by atoms with E-state index in [2.05, 4.69) is 10.6 Å². The van der Waals surface area contributed by atoms with Crippen LogP contribution in [0.4, 0.5) is 28.4 Å². The molecule has 0 aliphatic heterocycles. The van der Waals surface area contributed by atoms with Gasteiger partial charge in [0.15, 0.2) is 0 Å². The first-order valence-electron chi connectivity index (χ1n) is 10.4. The summed E-state index contributed by atoms with van der Waals surface area (Å²) < 4.78 is 34.3. The second-order valence-corrected chi connectivity index (χ2v) is 9.25. The Balaban J connectivity index is 1.64. The van der Waals surface area contributed by atoms with Crippen molar-refractivity contribution in [3.8, 4) is 5.75 Å². The second-order valence-electron chi connectivity index (χ2n) is 7.86. The molecule has 0 aliphatic carbocycles. The first kappa shape index (κ1) is 21.6. The van der Waals surface area contributed by atoms with Crippen molar-refractivity contribution in [2.75, 3.05) is 16.4 Å². The van der Waals surface area contributed by atoms with E-state index in [0.717, 1.165) is 21.8 Å². The van der Waals surface area contributed by atoms with E-state index < -0.39 is 10.1 Å². The van der Waals surface area contributed by atoms with E-state index in [9.17, 15) is 18.1 Å². The lowest BCUT2D eigenvalue weighted by atomic mass is 10.1. The van der Waals surface area contributed by atoms with Gasteiger partial charge in [0.1, 0.15) is 10.6 Å². The molecule has 34 heavy (non-hydrogen) atoms. The summed E-state index contributed by atoms with van der Waals surface area (Å²) in [6, 6.07) is 26.3. The van der Waals surface area contributed by atoms with Crippen LogP contribution >= 0.6 is 0 Å². The van der Waals surface area contributed by atoms with Gasteiger partial charge in [0.05, 0.1) is 11.4 Å². The van der Waals surface area contributed by atoms with Crippen LogP contribution in [0.25, 0.3) is 21.5 Å². The fourth-order valence-corrected chi connectivity index (χ4v) is 4.70. The fourth-order valence-electron chi connectivity index (χ4n) is 4.03. The number of aromatic hydroxyl groups is 1. The predicted octanol–water partition coefficient (Wildman–Crippen LogP) is 6.01. The zero-order valence-electron chi connectivity index (χ0n) is 17.9. The maximum atomic E-state index is 12.2. The number of anilines is 5. The Bertz CT molecular complexity index is 1670. The van der Waals surface area contributed by atoms with Crippen LogP contribution in [0.2, 0.25) is 0 Å². The van der Waals surface area contributed by atoms with Crippen LogP contribution in [0.1, 0.15) is 0 Å². The third-order valence-electron chi connectivity index (χ3n) is 5.66. The number of benzene rings is 5. The predicted molar refractivity (Wildman–Crippen MR) is 137 cm³/mol. The van der Waals surface area contributed by atoms with Crippen LogP contribution in [-0.4, -0.2) is 18.1 Å². The van der Waals surface area contributed by atoms with Crippen molar-refractivity contribution in [1.82, 2.24) is 0 Å². The number of para-hydroxylation sites is 1. The Morgan fingerprint density at radius 3 is 2.26 bits per heavy atom. The quantitative estimate of drug-likeness (QED) is 0.157. The molecule has 170 valence electrons. The van der Waals surface area contributed by atoms with Gasteiger partial charge in [-0.1, -0.05) is 48.5 Å². The number of nitrogen functional groups attached to an aromatic ring is 1. The van der Waals surface area contributed by atoms with Crippen LogP contribution in [0.3, 0.4) is 0 Å². The molecular weight excluding hydrogens is 450 g/mol. The second kappa shape index (κ2) is 8.26. The first-order valence-corrected chi connectivity index (χ1v) is 11.9. The van der Waals surface area contributed by atoms with Crippen molar-refractivity contribution in [2.45, 2.75) is 4.90 Å². The highest BCUT2D eigenvalue weighted by Crippen LogP contribution is 2.38. The molecular formula is C26H21N3O4S. The van der Waals surface area contributed by atoms with E-state index in [0.29, 0.717) is 22.4 Å². The van der Waals surface area contributed by atoms with E-state index >= 15 is 0 Å². The van der Waals surface area contributed by atoms with E-state index in [1.807, 2.05) is 42.5 Å². The Morgan fingerprint density at radius 2 is 1.47 bits per heavy atom. The molecule has 0 bridgehead atoms. The molecule has 5 aromatic rings. The van der Waals surface area contributed by atoms with Crippen LogP contribution in [0, 0.1) is 0 Å². The average Bonchev–Trinajstić information content (AvgIpc) is 2.82. The monoisotopic (exact) mass is 471 g/mol. The third-order valence-corrected chi connectivity index (χ3v) is 6.56. The Labute approximate surface area is 196 Å². The molecule has 5 rings (SSSR count). The number of hydrogen-bond donors (Lipinski definition) is 5. The molecule has 7 nitrogen and oxygen atoms in total. The summed E-state index contributed by atoms with van der Waals surface area (Å²) in [5, 5.41) is 19.8. The lowest BCUT2D eigenvalue weighted by molar-refractivity contribution is 0.481. The van der Waals surface area contributed by atoms with Gasteiger partial charge in [0, 0.05) is 33.2 Å². The topological polar surface area (TPSA) is 125 Å². The van der Waals surface area contributed by atoms with Gasteiger partial charge in [-0.2, -0.15) is 8.42 Å². The minimum atomic E-state index is -4.54. The van der Waals surface area contributed by atoms with Crippen LogP contribution in [0.5, 0.6) is 5.75 Å². The van der Waals surface area contributed by atoms with Gasteiger partial charge >= 0.3 is 0 Å². The maximum absolute atomic E-state index is 12.2. The van der Waals surface area contributed by atoms with Gasteiger partial charge < -0.3 is 21.5 Å². The maximum Gasteiger partial charge on any atom is 0.296 e. The Morgan fingerprint density at radius 1 is 0.706 bits per heavy atom. The summed E-state index contributed by atoms with van der Waals surface area (Å²) in [5.74, 6) is 0.107. The molecule has 0 aromatic heterocycles. The number of phenolic OH excluding ortho intramolecular Hbond substituents is 1. The van der Waals surface area contributed by atoms with Crippen LogP contribution < -0.4 is 16.4 Å². The van der Waals surface area contributed by atoms with Crippen molar-refractivity contribution >= 4 is 60.1 Å². The van der Waals surface area contributed by atoms with Crippen molar-refractivity contribution in [3.63, 3.8) is 0 Å². The number of nitrogens with one attached hydrogen (secondary N) is 2. The summed E-state index contributed by atoms with van der Waals surface area (Å²) in [4.78, 5) is -0.283. The summed E-state index contributed by atoms with van der Waals surface area (Å²) >= 11 is 0. The highest BCUT2D eigenvalue weighted by molar-refractivity contribution is 7.86. The molecule has 5 aromatic carbocycles. The van der Waals surface area contributed by atoms with Gasteiger partial charge in [-0.25, -0.2) is 0 Å². The lowest BCUT2D eigenvalue weighted by Crippen LogP contribution is -2.06. The number of hydrogen-bond acceptors (Lipinski definition) is 6. The Hall–Kier alpha value is -4.27. The van der Waals surface area contributed by atoms with Crippen molar-refractivity contribution in [2.24, 2.45) is 0 Å². The number of phenols is 1. The SMILES string of the molecule is Nc1ccc(Nc2cccc(S(=O)(=O)O)c2Nc2ccc3cccc(O)c3c2)c2ccccc12.